The fraction of sp³-hybridized carbons (Fsp3) is 0.767. The molecule has 3 fully saturated rings. The number of aliphatic hydroxyl groups excluding tert-OH is 1. The number of rotatable bonds is 10. The number of esters is 1. The maximum atomic E-state index is 12.0. The predicted octanol–water partition coefficient (Wildman–Crippen LogP) is 6.86. The summed E-state index contributed by atoms with van der Waals surface area (Å²) in [7, 11) is 0. The summed E-state index contributed by atoms with van der Waals surface area (Å²) in [4.78, 5) is 12.0. The molecule has 1 aromatic rings. The van der Waals surface area contributed by atoms with Gasteiger partial charge in [0.15, 0.2) is 11.5 Å². The monoisotopic (exact) mass is 486 g/mol. The number of ether oxygens (including phenoxy) is 2. The highest BCUT2D eigenvalue weighted by Gasteiger charge is 2.42. The van der Waals surface area contributed by atoms with E-state index in [0.29, 0.717) is 30.9 Å². The molecule has 0 radical (unpaired) electrons. The van der Waals surface area contributed by atoms with Gasteiger partial charge in [0.2, 0.25) is 0 Å². The van der Waals surface area contributed by atoms with Crippen molar-refractivity contribution < 1.29 is 24.5 Å². The number of aliphatic hydroxyl groups is 1. The van der Waals surface area contributed by atoms with Crippen molar-refractivity contribution in [3.63, 3.8) is 0 Å². The van der Waals surface area contributed by atoms with Crippen molar-refractivity contribution in [3.05, 3.63) is 23.8 Å². The minimum atomic E-state index is -0.616. The van der Waals surface area contributed by atoms with Gasteiger partial charge in [-0.15, -0.1) is 0 Å². The van der Waals surface area contributed by atoms with Crippen LogP contribution >= 0.6 is 0 Å². The number of phenols is 1. The van der Waals surface area contributed by atoms with Gasteiger partial charge in [-0.1, -0.05) is 51.0 Å². The lowest BCUT2D eigenvalue weighted by atomic mass is 9.72. The Labute approximate surface area is 211 Å². The van der Waals surface area contributed by atoms with Crippen LogP contribution in [0.1, 0.15) is 115 Å². The van der Waals surface area contributed by atoms with Gasteiger partial charge in [-0.05, 0) is 87.3 Å². The molecule has 0 aromatic heterocycles. The molecule has 0 heterocycles. The third kappa shape index (κ3) is 7.62. The smallest absolute Gasteiger partial charge is 0.303 e. The van der Waals surface area contributed by atoms with Gasteiger partial charge < -0.3 is 19.7 Å². The summed E-state index contributed by atoms with van der Waals surface area (Å²) in [6.07, 6.45) is 18.3. The van der Waals surface area contributed by atoms with Crippen molar-refractivity contribution in [2.75, 3.05) is 0 Å². The van der Waals surface area contributed by atoms with Gasteiger partial charge in [-0.25, -0.2) is 0 Å². The minimum Gasteiger partial charge on any atom is -0.504 e. The summed E-state index contributed by atoms with van der Waals surface area (Å²) < 4.78 is 12.0. The molecule has 0 unspecified atom stereocenters. The molecule has 5 nitrogen and oxygen atoms in total. The lowest BCUT2D eigenvalue weighted by molar-refractivity contribution is -0.168. The summed E-state index contributed by atoms with van der Waals surface area (Å²) in [5, 5.41) is 21.3. The van der Waals surface area contributed by atoms with Crippen LogP contribution in [0.2, 0.25) is 0 Å². The second-order valence-corrected chi connectivity index (χ2v) is 11.6. The zero-order valence-corrected chi connectivity index (χ0v) is 21.7. The van der Waals surface area contributed by atoms with Crippen LogP contribution in [0.5, 0.6) is 11.5 Å². The Morgan fingerprint density at radius 2 is 1.77 bits per heavy atom. The lowest BCUT2D eigenvalue weighted by Gasteiger charge is -2.42. The van der Waals surface area contributed by atoms with E-state index in [1.807, 2.05) is 12.1 Å². The zero-order chi connectivity index (χ0) is 24.7. The van der Waals surface area contributed by atoms with E-state index in [0.717, 1.165) is 43.6 Å². The molecule has 3 atom stereocenters. The number of hydrogen-bond donors (Lipinski definition) is 2. The Bertz CT molecular complexity index is 811. The SMILES string of the molecule is CC(=O)O[C@]1(CCc2ccc(O)c(OC3CCCC3)c2)CC[C@@H](CCCC2CCCCC2)[C@H](O)C1. The highest BCUT2D eigenvalue weighted by atomic mass is 16.6. The summed E-state index contributed by atoms with van der Waals surface area (Å²) >= 11 is 0. The second-order valence-electron chi connectivity index (χ2n) is 11.6. The van der Waals surface area contributed by atoms with E-state index in [-0.39, 0.29) is 17.8 Å². The maximum Gasteiger partial charge on any atom is 0.303 e. The number of aromatic hydroxyl groups is 1. The largest absolute Gasteiger partial charge is 0.504 e. The Morgan fingerprint density at radius 3 is 2.49 bits per heavy atom. The first-order chi connectivity index (χ1) is 16.9. The van der Waals surface area contributed by atoms with Crippen LogP contribution < -0.4 is 4.74 Å². The van der Waals surface area contributed by atoms with E-state index in [9.17, 15) is 15.0 Å². The number of carbonyl (C=O) groups excluding carboxylic acids is 1. The first-order valence-corrected chi connectivity index (χ1v) is 14.3. The van der Waals surface area contributed by atoms with Crippen molar-refractivity contribution in [3.8, 4) is 11.5 Å². The summed E-state index contributed by atoms with van der Waals surface area (Å²) in [5.41, 5.74) is 0.446. The predicted molar refractivity (Wildman–Crippen MR) is 138 cm³/mol. The first-order valence-electron chi connectivity index (χ1n) is 14.3. The van der Waals surface area contributed by atoms with Gasteiger partial charge in [0.1, 0.15) is 5.60 Å². The van der Waals surface area contributed by atoms with Crippen molar-refractivity contribution in [2.24, 2.45) is 11.8 Å². The highest BCUT2D eigenvalue weighted by molar-refractivity contribution is 5.66. The fourth-order valence-corrected chi connectivity index (χ4v) is 6.81. The molecular weight excluding hydrogens is 440 g/mol. The molecule has 5 heteroatoms. The molecule has 0 saturated heterocycles. The first kappa shape index (κ1) is 26.3. The molecule has 2 N–H and O–H groups in total. The number of carbonyl (C=O) groups is 1. The van der Waals surface area contributed by atoms with E-state index in [1.165, 1.54) is 64.7 Å². The third-order valence-corrected chi connectivity index (χ3v) is 8.86. The molecule has 35 heavy (non-hydrogen) atoms. The van der Waals surface area contributed by atoms with E-state index < -0.39 is 11.7 Å². The molecule has 196 valence electrons. The Balaban J connectivity index is 1.31. The molecule has 3 aliphatic rings. The van der Waals surface area contributed by atoms with Crippen LogP contribution in [0.4, 0.5) is 0 Å². The van der Waals surface area contributed by atoms with Crippen LogP contribution in [0.3, 0.4) is 0 Å². The second kappa shape index (κ2) is 12.5. The molecule has 0 bridgehead atoms. The molecule has 0 spiro atoms. The molecule has 0 amide bonds. The van der Waals surface area contributed by atoms with Crippen LogP contribution in [0.25, 0.3) is 0 Å². The molecule has 0 aliphatic heterocycles. The van der Waals surface area contributed by atoms with Crippen molar-refractivity contribution >= 4 is 5.97 Å². The van der Waals surface area contributed by atoms with E-state index >= 15 is 0 Å². The van der Waals surface area contributed by atoms with Gasteiger partial charge in [0.25, 0.3) is 0 Å². The lowest BCUT2D eigenvalue weighted by Crippen LogP contribution is -2.45. The third-order valence-electron chi connectivity index (χ3n) is 8.86. The summed E-state index contributed by atoms with van der Waals surface area (Å²) in [5.74, 6) is 1.65. The van der Waals surface area contributed by atoms with E-state index in [1.54, 1.807) is 6.07 Å². The average Bonchev–Trinajstić information content (AvgIpc) is 3.35. The van der Waals surface area contributed by atoms with Crippen molar-refractivity contribution in [1.29, 1.82) is 0 Å². The van der Waals surface area contributed by atoms with E-state index in [2.05, 4.69) is 0 Å². The molecule has 1 aromatic carbocycles. The van der Waals surface area contributed by atoms with Gasteiger partial charge in [0.05, 0.1) is 12.2 Å². The topological polar surface area (TPSA) is 76.0 Å². The van der Waals surface area contributed by atoms with Crippen LogP contribution in [0, 0.1) is 11.8 Å². The normalized spacial score (nSPS) is 28.2. The standard InChI is InChI=1S/C30H46O5/c1-22(31)35-30(18-16-24-14-15-27(32)29(20-24)34-26-12-5-6-13-26)19-17-25(28(33)21-30)11-7-10-23-8-3-2-4-9-23/h14-15,20,23,25-26,28,32-33H,2-13,16-19,21H2,1H3/t25-,28-,30-/m1/s1. The summed E-state index contributed by atoms with van der Waals surface area (Å²) in [6, 6.07) is 5.56. The van der Waals surface area contributed by atoms with Gasteiger partial charge >= 0.3 is 5.97 Å². The Kier molecular flexibility index (Phi) is 9.38. The molecule has 4 rings (SSSR count). The number of hydrogen-bond acceptors (Lipinski definition) is 5. The highest BCUT2D eigenvalue weighted by Crippen LogP contribution is 2.41. The van der Waals surface area contributed by atoms with Crippen molar-refractivity contribution in [1.82, 2.24) is 0 Å². The Morgan fingerprint density at radius 1 is 1.03 bits per heavy atom. The average molecular weight is 487 g/mol. The van der Waals surface area contributed by atoms with Crippen molar-refractivity contribution in [2.45, 2.75) is 134 Å². The Hall–Kier alpha value is -1.75. The van der Waals surface area contributed by atoms with Crippen LogP contribution in [0.15, 0.2) is 18.2 Å². The van der Waals surface area contributed by atoms with Gasteiger partial charge in [-0.3, -0.25) is 4.79 Å². The zero-order valence-electron chi connectivity index (χ0n) is 21.7. The molecule has 3 aliphatic carbocycles. The van der Waals surface area contributed by atoms with Crippen LogP contribution in [-0.4, -0.2) is 34.0 Å². The fourth-order valence-electron chi connectivity index (χ4n) is 6.81. The quantitative estimate of drug-likeness (QED) is 0.353. The van der Waals surface area contributed by atoms with Crippen LogP contribution in [-0.2, 0) is 16.0 Å². The molecular formula is C30H46O5. The summed E-state index contributed by atoms with van der Waals surface area (Å²) in [6.45, 7) is 1.47. The van der Waals surface area contributed by atoms with E-state index in [4.69, 9.17) is 9.47 Å². The number of aryl methyl sites for hydroxylation is 1. The van der Waals surface area contributed by atoms with Gasteiger partial charge in [-0.2, -0.15) is 0 Å². The maximum absolute atomic E-state index is 12.0. The number of benzene rings is 1. The van der Waals surface area contributed by atoms with Gasteiger partial charge in [0, 0.05) is 13.3 Å². The minimum absolute atomic E-state index is 0.180. The number of phenolic OH excluding ortho intramolecular Hbond substituents is 1. The molecule has 3 saturated carbocycles.